The van der Waals surface area contributed by atoms with Crippen LogP contribution in [0.5, 0.6) is 11.5 Å². The van der Waals surface area contributed by atoms with Gasteiger partial charge in [-0.3, -0.25) is 14.4 Å². The fraction of sp³-hybridized carbons (Fsp3) is 0.147. The quantitative estimate of drug-likeness (QED) is 0.136. The molecule has 0 aliphatic rings. The van der Waals surface area contributed by atoms with Gasteiger partial charge in [-0.05, 0) is 73.5 Å². The number of aryl methyl sites for hydroxylation is 2. The van der Waals surface area contributed by atoms with Crippen LogP contribution in [-0.2, 0) is 9.59 Å². The zero-order valence-electron chi connectivity index (χ0n) is 24.4. The summed E-state index contributed by atoms with van der Waals surface area (Å²) in [6.07, 6.45) is 1.55. The molecule has 43 heavy (non-hydrogen) atoms. The molecule has 4 rings (SSSR count). The molecule has 0 bridgehead atoms. The molecule has 3 N–H and O–H groups in total. The van der Waals surface area contributed by atoms with Crippen LogP contribution < -0.4 is 25.4 Å². The van der Waals surface area contributed by atoms with E-state index in [1.807, 2.05) is 38.1 Å². The van der Waals surface area contributed by atoms with Gasteiger partial charge in [0, 0.05) is 33.5 Å². The van der Waals surface area contributed by atoms with Crippen molar-refractivity contribution in [3.8, 4) is 11.5 Å². The van der Waals surface area contributed by atoms with Crippen molar-refractivity contribution in [2.45, 2.75) is 18.7 Å². The highest BCUT2D eigenvalue weighted by Crippen LogP contribution is 2.27. The minimum Gasteiger partial charge on any atom is -0.497 e. The van der Waals surface area contributed by atoms with Crippen LogP contribution >= 0.6 is 11.8 Å². The minimum absolute atomic E-state index is 0.0170. The molecule has 0 saturated carbocycles. The maximum atomic E-state index is 13.5. The molecule has 0 atom stereocenters. The van der Waals surface area contributed by atoms with Gasteiger partial charge in [0.15, 0.2) is 0 Å². The van der Waals surface area contributed by atoms with Gasteiger partial charge in [-0.15, -0.1) is 11.8 Å². The van der Waals surface area contributed by atoms with Gasteiger partial charge in [0.05, 0.1) is 20.0 Å². The van der Waals surface area contributed by atoms with Gasteiger partial charge in [0.2, 0.25) is 5.91 Å². The number of methoxy groups -OCH3 is 2. The lowest BCUT2D eigenvalue weighted by atomic mass is 10.1. The summed E-state index contributed by atoms with van der Waals surface area (Å²) in [5.41, 5.74) is 4.31. The van der Waals surface area contributed by atoms with E-state index in [0.29, 0.717) is 28.3 Å². The van der Waals surface area contributed by atoms with E-state index in [-0.39, 0.29) is 17.4 Å². The van der Waals surface area contributed by atoms with Crippen molar-refractivity contribution in [3.63, 3.8) is 0 Å². The molecule has 0 aromatic heterocycles. The minimum atomic E-state index is -0.530. The molecule has 0 unspecified atom stereocenters. The summed E-state index contributed by atoms with van der Waals surface area (Å²) in [4.78, 5) is 40.0. The van der Waals surface area contributed by atoms with Crippen molar-refractivity contribution in [1.29, 1.82) is 0 Å². The average molecular weight is 596 g/mol. The van der Waals surface area contributed by atoms with E-state index in [1.54, 1.807) is 79.9 Å². The first-order valence-corrected chi connectivity index (χ1v) is 14.5. The molecule has 0 aliphatic heterocycles. The molecule has 0 fully saturated rings. The standard InChI is InChI=1S/C34H33N3O5S/c1-22-10-8-11-23(2)32(22)37-31(38)21-43-28-15-9-14-26(19-28)35-34(40)29(36-33(39)24-12-6-5-7-13-24)18-25-16-17-27(41-3)20-30(25)42-4/h5-20H,21H2,1-4H3,(H,35,40)(H,36,39)(H,37,38)/b29-18+. The summed E-state index contributed by atoms with van der Waals surface area (Å²) in [6, 6.07) is 26.8. The van der Waals surface area contributed by atoms with Crippen molar-refractivity contribution in [2.24, 2.45) is 0 Å². The number of hydrogen-bond donors (Lipinski definition) is 3. The highest BCUT2D eigenvalue weighted by molar-refractivity contribution is 8.00. The first kappa shape index (κ1) is 30.9. The van der Waals surface area contributed by atoms with E-state index in [2.05, 4.69) is 16.0 Å². The number of thioether (sulfide) groups is 1. The molecule has 4 aromatic rings. The number of benzene rings is 4. The van der Waals surface area contributed by atoms with Gasteiger partial charge < -0.3 is 25.4 Å². The Kier molecular flexibility index (Phi) is 10.6. The fourth-order valence-electron chi connectivity index (χ4n) is 4.23. The molecular weight excluding hydrogens is 562 g/mol. The highest BCUT2D eigenvalue weighted by Gasteiger charge is 2.17. The second-order valence-electron chi connectivity index (χ2n) is 9.57. The van der Waals surface area contributed by atoms with Crippen LogP contribution in [0.15, 0.2) is 102 Å². The van der Waals surface area contributed by atoms with E-state index < -0.39 is 11.8 Å². The number of para-hydroxylation sites is 1. The summed E-state index contributed by atoms with van der Waals surface area (Å²) >= 11 is 1.35. The highest BCUT2D eigenvalue weighted by atomic mass is 32.2. The Labute approximate surface area is 255 Å². The Hall–Kier alpha value is -5.02. The Morgan fingerprint density at radius 2 is 1.51 bits per heavy atom. The van der Waals surface area contributed by atoms with Crippen LogP contribution in [0.1, 0.15) is 27.0 Å². The molecule has 0 heterocycles. The number of hydrogen-bond acceptors (Lipinski definition) is 6. The topological polar surface area (TPSA) is 106 Å². The number of rotatable bonds is 11. The monoisotopic (exact) mass is 595 g/mol. The second kappa shape index (κ2) is 14.7. The normalized spacial score (nSPS) is 10.9. The third kappa shape index (κ3) is 8.50. The summed E-state index contributed by atoms with van der Waals surface area (Å²) in [5, 5.41) is 8.58. The number of amides is 3. The summed E-state index contributed by atoms with van der Waals surface area (Å²) in [7, 11) is 3.06. The van der Waals surface area contributed by atoms with E-state index in [1.165, 1.54) is 18.9 Å². The predicted octanol–water partition coefficient (Wildman–Crippen LogP) is 6.46. The second-order valence-corrected chi connectivity index (χ2v) is 10.6. The van der Waals surface area contributed by atoms with Crippen molar-refractivity contribution in [1.82, 2.24) is 5.32 Å². The van der Waals surface area contributed by atoms with Crippen molar-refractivity contribution in [2.75, 3.05) is 30.6 Å². The van der Waals surface area contributed by atoms with E-state index in [9.17, 15) is 14.4 Å². The zero-order chi connectivity index (χ0) is 30.8. The van der Waals surface area contributed by atoms with Gasteiger partial charge in [-0.25, -0.2) is 0 Å². The maximum absolute atomic E-state index is 13.5. The molecule has 4 aromatic carbocycles. The lowest BCUT2D eigenvalue weighted by Gasteiger charge is -2.14. The fourth-order valence-corrected chi connectivity index (χ4v) is 4.99. The Balaban J connectivity index is 1.51. The molecule has 9 heteroatoms. The van der Waals surface area contributed by atoms with Crippen molar-refractivity contribution < 1.29 is 23.9 Å². The predicted molar refractivity (Wildman–Crippen MR) is 172 cm³/mol. The molecule has 0 aliphatic carbocycles. The Bertz CT molecular complexity index is 1630. The largest absolute Gasteiger partial charge is 0.497 e. The summed E-state index contributed by atoms with van der Waals surface area (Å²) in [6.45, 7) is 3.91. The van der Waals surface area contributed by atoms with Crippen LogP contribution in [0, 0.1) is 13.8 Å². The molecule has 3 amide bonds. The molecule has 8 nitrogen and oxygen atoms in total. The summed E-state index contributed by atoms with van der Waals surface area (Å²) in [5.74, 6) is 0.159. The molecule has 220 valence electrons. The maximum Gasteiger partial charge on any atom is 0.272 e. The number of ether oxygens (including phenoxy) is 2. The number of anilines is 2. The number of nitrogens with one attached hydrogen (secondary N) is 3. The third-order valence-corrected chi connectivity index (χ3v) is 7.47. The number of carbonyl (C=O) groups excluding carboxylic acids is 3. The van der Waals surface area contributed by atoms with Gasteiger partial charge in [-0.1, -0.05) is 42.5 Å². The van der Waals surface area contributed by atoms with Crippen molar-refractivity contribution in [3.05, 3.63) is 119 Å². The van der Waals surface area contributed by atoms with Crippen LogP contribution in [0.3, 0.4) is 0 Å². The Morgan fingerprint density at radius 3 is 2.21 bits per heavy atom. The number of carbonyl (C=O) groups is 3. The van der Waals surface area contributed by atoms with Crippen LogP contribution in [0.2, 0.25) is 0 Å². The Morgan fingerprint density at radius 1 is 0.791 bits per heavy atom. The van der Waals surface area contributed by atoms with Gasteiger partial charge in [0.1, 0.15) is 17.2 Å². The van der Waals surface area contributed by atoms with E-state index in [4.69, 9.17) is 9.47 Å². The van der Waals surface area contributed by atoms with E-state index >= 15 is 0 Å². The average Bonchev–Trinajstić information content (AvgIpc) is 3.02. The molecular formula is C34H33N3O5S. The lowest BCUT2D eigenvalue weighted by molar-refractivity contribution is -0.114. The molecule has 0 spiro atoms. The van der Waals surface area contributed by atoms with Crippen molar-refractivity contribution >= 4 is 46.9 Å². The first-order valence-electron chi connectivity index (χ1n) is 13.5. The van der Waals surface area contributed by atoms with Gasteiger partial charge in [0.25, 0.3) is 11.8 Å². The summed E-state index contributed by atoms with van der Waals surface area (Å²) < 4.78 is 10.8. The molecule has 0 saturated heterocycles. The first-order chi connectivity index (χ1) is 20.8. The zero-order valence-corrected chi connectivity index (χ0v) is 25.2. The van der Waals surface area contributed by atoms with Gasteiger partial charge >= 0.3 is 0 Å². The SMILES string of the molecule is COc1ccc(/C=C(/NC(=O)c2ccccc2)C(=O)Nc2cccc(SCC(=O)Nc3c(C)cccc3C)c2)c(OC)c1. The van der Waals surface area contributed by atoms with Crippen LogP contribution in [0.4, 0.5) is 11.4 Å². The molecule has 0 radical (unpaired) electrons. The third-order valence-electron chi connectivity index (χ3n) is 6.48. The van der Waals surface area contributed by atoms with Crippen LogP contribution in [0.25, 0.3) is 6.08 Å². The lowest BCUT2D eigenvalue weighted by Crippen LogP contribution is -2.30. The van der Waals surface area contributed by atoms with Gasteiger partial charge in [-0.2, -0.15) is 0 Å². The smallest absolute Gasteiger partial charge is 0.272 e. The van der Waals surface area contributed by atoms with E-state index in [0.717, 1.165) is 21.7 Å². The van der Waals surface area contributed by atoms with Crippen LogP contribution in [-0.4, -0.2) is 37.7 Å².